The van der Waals surface area contributed by atoms with Gasteiger partial charge < -0.3 is 19.7 Å². The lowest BCUT2D eigenvalue weighted by atomic mass is 10.3. The monoisotopic (exact) mass is 335 g/mol. The van der Waals surface area contributed by atoms with Crippen molar-refractivity contribution in [2.75, 3.05) is 23.6 Å². The van der Waals surface area contributed by atoms with Crippen molar-refractivity contribution in [3.05, 3.63) is 54.7 Å². The quantitative estimate of drug-likeness (QED) is 0.765. The van der Waals surface area contributed by atoms with Gasteiger partial charge in [0.05, 0.1) is 6.20 Å². The van der Waals surface area contributed by atoms with Gasteiger partial charge in [0.25, 0.3) is 5.95 Å². The van der Waals surface area contributed by atoms with Gasteiger partial charge in [0.1, 0.15) is 0 Å². The summed E-state index contributed by atoms with van der Waals surface area (Å²) in [5, 5.41) is 11.5. The molecule has 126 valence electrons. The maximum atomic E-state index is 5.40. The van der Waals surface area contributed by atoms with Crippen LogP contribution in [0, 0.1) is 0 Å². The van der Waals surface area contributed by atoms with Crippen molar-refractivity contribution in [2.24, 2.45) is 0 Å². The van der Waals surface area contributed by atoms with Crippen LogP contribution in [0.3, 0.4) is 0 Å². The molecule has 0 bridgehead atoms. The Hall–Kier alpha value is -3.35. The molecule has 7 nitrogen and oxygen atoms in total. The van der Waals surface area contributed by atoms with Gasteiger partial charge in [-0.1, -0.05) is 18.2 Å². The molecule has 0 amide bonds. The van der Waals surface area contributed by atoms with Crippen LogP contribution in [0.2, 0.25) is 0 Å². The number of hydrogen-bond donors (Lipinski definition) is 1. The number of rotatable bonds is 5. The molecule has 1 N–H and O–H groups in total. The van der Waals surface area contributed by atoms with E-state index in [0.717, 1.165) is 23.7 Å². The molecule has 2 heterocycles. The molecule has 0 saturated carbocycles. The molecule has 1 aromatic heterocycles. The summed E-state index contributed by atoms with van der Waals surface area (Å²) in [5.74, 6) is 2.61. The number of aromatic nitrogens is 3. The fourth-order valence-corrected chi connectivity index (χ4v) is 2.64. The largest absolute Gasteiger partial charge is 0.454 e. The van der Waals surface area contributed by atoms with Crippen LogP contribution in [0.4, 0.5) is 23.1 Å². The van der Waals surface area contributed by atoms with Crippen molar-refractivity contribution >= 4 is 23.1 Å². The van der Waals surface area contributed by atoms with Crippen molar-refractivity contribution in [1.82, 2.24) is 15.2 Å². The van der Waals surface area contributed by atoms with E-state index in [2.05, 4.69) is 20.5 Å². The highest BCUT2D eigenvalue weighted by Crippen LogP contribution is 2.35. The first-order valence-electron chi connectivity index (χ1n) is 8.02. The lowest BCUT2D eigenvalue weighted by Gasteiger charge is -2.20. The molecule has 1 aliphatic rings. The normalized spacial score (nSPS) is 12.0. The van der Waals surface area contributed by atoms with Gasteiger partial charge in [-0.25, -0.2) is 0 Å². The third kappa shape index (κ3) is 3.16. The molecule has 3 aromatic rings. The van der Waals surface area contributed by atoms with Crippen molar-refractivity contribution in [3.8, 4) is 11.5 Å². The summed E-state index contributed by atoms with van der Waals surface area (Å²) in [6, 6.07) is 15.6. The third-order valence-electron chi connectivity index (χ3n) is 3.82. The van der Waals surface area contributed by atoms with Gasteiger partial charge in [-0.15, -0.1) is 5.10 Å². The summed E-state index contributed by atoms with van der Waals surface area (Å²) in [6.07, 6.45) is 1.59. The van der Waals surface area contributed by atoms with Gasteiger partial charge in [-0.05, 0) is 31.2 Å². The van der Waals surface area contributed by atoms with Crippen LogP contribution >= 0.6 is 0 Å². The second-order valence-corrected chi connectivity index (χ2v) is 5.41. The second kappa shape index (κ2) is 6.64. The van der Waals surface area contributed by atoms with Crippen molar-refractivity contribution < 1.29 is 9.47 Å². The number of nitrogens with zero attached hydrogens (tertiary/aromatic N) is 4. The lowest BCUT2D eigenvalue weighted by molar-refractivity contribution is 0.174. The summed E-state index contributed by atoms with van der Waals surface area (Å²) in [4.78, 5) is 6.58. The first kappa shape index (κ1) is 15.2. The number of anilines is 4. The number of hydrogen-bond acceptors (Lipinski definition) is 7. The molecular formula is C18H17N5O2. The Morgan fingerprint density at radius 2 is 1.92 bits per heavy atom. The molecule has 2 aromatic carbocycles. The summed E-state index contributed by atoms with van der Waals surface area (Å²) < 4.78 is 10.7. The molecule has 7 heteroatoms. The predicted molar refractivity (Wildman–Crippen MR) is 94.8 cm³/mol. The van der Waals surface area contributed by atoms with E-state index in [1.165, 1.54) is 0 Å². The van der Waals surface area contributed by atoms with E-state index < -0.39 is 0 Å². The topological polar surface area (TPSA) is 72.4 Å². The standard InChI is InChI=1S/C18H17N5O2/c1-2-23(14-6-4-3-5-7-14)18-21-17(11-19-22-18)20-13-8-9-15-16(10-13)25-12-24-15/h3-11H,2,12H2,1H3,(H,20,21,22). The van der Waals surface area contributed by atoms with Gasteiger partial charge in [0.2, 0.25) is 6.79 Å². The highest BCUT2D eigenvalue weighted by Gasteiger charge is 2.14. The molecule has 25 heavy (non-hydrogen) atoms. The second-order valence-electron chi connectivity index (χ2n) is 5.41. The zero-order chi connectivity index (χ0) is 17.1. The molecule has 0 aliphatic carbocycles. The Balaban J connectivity index is 1.59. The van der Waals surface area contributed by atoms with Crippen molar-refractivity contribution in [2.45, 2.75) is 6.92 Å². The van der Waals surface area contributed by atoms with Gasteiger partial charge in [-0.2, -0.15) is 10.1 Å². The first-order chi connectivity index (χ1) is 12.3. The van der Waals surface area contributed by atoms with Crippen LogP contribution in [0.1, 0.15) is 6.92 Å². The van der Waals surface area contributed by atoms with E-state index in [4.69, 9.17) is 9.47 Å². The Morgan fingerprint density at radius 3 is 2.76 bits per heavy atom. The summed E-state index contributed by atoms with van der Waals surface area (Å²) in [6.45, 7) is 3.04. The average Bonchev–Trinajstić information content (AvgIpc) is 3.11. The SMILES string of the molecule is CCN(c1ccccc1)c1nncc(Nc2ccc3c(c2)OCO3)n1. The molecule has 0 fully saturated rings. The van der Waals surface area contributed by atoms with Crippen molar-refractivity contribution in [3.63, 3.8) is 0 Å². The molecule has 0 saturated heterocycles. The van der Waals surface area contributed by atoms with Crippen LogP contribution in [0.25, 0.3) is 0 Å². The highest BCUT2D eigenvalue weighted by atomic mass is 16.7. The summed E-state index contributed by atoms with van der Waals surface area (Å²) in [5.41, 5.74) is 1.87. The average molecular weight is 335 g/mol. The molecule has 0 atom stereocenters. The van der Waals surface area contributed by atoms with E-state index in [1.807, 2.05) is 60.4 Å². The molecule has 0 radical (unpaired) electrons. The fourth-order valence-electron chi connectivity index (χ4n) is 2.64. The van der Waals surface area contributed by atoms with E-state index in [1.54, 1.807) is 6.20 Å². The minimum Gasteiger partial charge on any atom is -0.454 e. The van der Waals surface area contributed by atoms with Gasteiger partial charge in [0, 0.05) is 24.0 Å². The number of fused-ring (bicyclic) bond motifs is 1. The van der Waals surface area contributed by atoms with Gasteiger partial charge >= 0.3 is 0 Å². The van der Waals surface area contributed by atoms with Gasteiger partial charge in [0.15, 0.2) is 17.3 Å². The van der Waals surface area contributed by atoms with Crippen molar-refractivity contribution in [1.29, 1.82) is 0 Å². The molecule has 0 spiro atoms. The number of para-hydroxylation sites is 1. The van der Waals surface area contributed by atoms with E-state index in [-0.39, 0.29) is 6.79 Å². The third-order valence-corrected chi connectivity index (χ3v) is 3.82. The number of benzene rings is 2. The molecule has 4 rings (SSSR count). The first-order valence-corrected chi connectivity index (χ1v) is 8.02. The van der Waals surface area contributed by atoms with Crippen LogP contribution in [0.5, 0.6) is 11.5 Å². The van der Waals surface area contributed by atoms with Gasteiger partial charge in [-0.3, -0.25) is 0 Å². The Bertz CT molecular complexity index is 872. The zero-order valence-corrected chi connectivity index (χ0v) is 13.7. The molecule has 1 aliphatic heterocycles. The lowest BCUT2D eigenvalue weighted by Crippen LogP contribution is -2.19. The Morgan fingerprint density at radius 1 is 1.08 bits per heavy atom. The predicted octanol–water partition coefficient (Wildman–Crippen LogP) is 3.50. The zero-order valence-electron chi connectivity index (χ0n) is 13.7. The van der Waals surface area contributed by atoms with Crippen LogP contribution < -0.4 is 19.7 Å². The van der Waals surface area contributed by atoms with E-state index in [0.29, 0.717) is 17.5 Å². The summed E-state index contributed by atoms with van der Waals surface area (Å²) >= 11 is 0. The minimum atomic E-state index is 0.251. The molecular weight excluding hydrogens is 318 g/mol. The Labute approximate surface area is 145 Å². The maximum Gasteiger partial charge on any atom is 0.251 e. The Kier molecular flexibility index (Phi) is 4.04. The highest BCUT2D eigenvalue weighted by molar-refractivity contribution is 5.63. The summed E-state index contributed by atoms with van der Waals surface area (Å²) in [7, 11) is 0. The number of ether oxygens (including phenoxy) is 2. The van der Waals surface area contributed by atoms with Crippen LogP contribution in [0.15, 0.2) is 54.7 Å². The minimum absolute atomic E-state index is 0.251. The number of nitrogens with one attached hydrogen (secondary N) is 1. The van der Waals surface area contributed by atoms with E-state index in [9.17, 15) is 0 Å². The van der Waals surface area contributed by atoms with E-state index >= 15 is 0 Å². The van der Waals surface area contributed by atoms with Crippen LogP contribution in [-0.2, 0) is 0 Å². The molecule has 0 unspecified atom stereocenters. The van der Waals surface area contributed by atoms with Crippen LogP contribution in [-0.4, -0.2) is 28.5 Å². The smallest absolute Gasteiger partial charge is 0.251 e. The maximum absolute atomic E-state index is 5.40. The fraction of sp³-hybridized carbons (Fsp3) is 0.167.